The number of nitrogens with zero attached hydrogens (tertiary/aromatic N) is 1. The van der Waals surface area contributed by atoms with E-state index in [0.29, 0.717) is 5.06 Å². The van der Waals surface area contributed by atoms with Crippen LogP contribution in [0.2, 0.25) is 0 Å². The van der Waals surface area contributed by atoms with Gasteiger partial charge in [-0.1, -0.05) is 65.7 Å². The van der Waals surface area contributed by atoms with Crippen LogP contribution in [0.4, 0.5) is 4.79 Å². The fraction of sp³-hybridized carbons (Fsp3) is 0.214. The Morgan fingerprint density at radius 3 is 1.81 bits per heavy atom. The van der Waals surface area contributed by atoms with Gasteiger partial charge in [0.05, 0.1) is 16.5 Å². The zero-order valence-corrected chi connectivity index (χ0v) is 19.8. The van der Waals surface area contributed by atoms with E-state index >= 15 is 0 Å². The highest BCUT2D eigenvalue weighted by Crippen LogP contribution is 2.44. The minimum Gasteiger partial charge on any atom is -0.449 e. The van der Waals surface area contributed by atoms with Crippen LogP contribution >= 0.6 is 0 Å². The molecule has 1 heterocycles. The Balaban J connectivity index is 1.17. The number of alkyl carbamates (subject to hydrolysis) is 1. The van der Waals surface area contributed by atoms with E-state index in [-0.39, 0.29) is 30.2 Å². The van der Waals surface area contributed by atoms with Gasteiger partial charge < -0.3 is 14.9 Å². The Bertz CT molecular complexity index is 1320. The van der Waals surface area contributed by atoms with Crippen LogP contribution in [-0.2, 0) is 14.4 Å². The van der Waals surface area contributed by atoms with Gasteiger partial charge in [0.25, 0.3) is 11.8 Å². The molecule has 36 heavy (non-hydrogen) atoms. The van der Waals surface area contributed by atoms with Crippen molar-refractivity contribution in [1.29, 1.82) is 0 Å². The van der Waals surface area contributed by atoms with Crippen molar-refractivity contribution < 1.29 is 28.8 Å². The Labute approximate surface area is 207 Å². The molecule has 0 bridgehead atoms. The summed E-state index contributed by atoms with van der Waals surface area (Å²) in [7, 11) is 0. The monoisotopic (exact) mass is 484 g/mol. The predicted octanol–water partition coefficient (Wildman–Crippen LogP) is 4.31. The van der Waals surface area contributed by atoms with E-state index in [1.54, 1.807) is 12.1 Å². The summed E-state index contributed by atoms with van der Waals surface area (Å²) in [4.78, 5) is 55.3. The number of imide groups is 1. The van der Waals surface area contributed by atoms with Gasteiger partial charge in [0.15, 0.2) is 0 Å². The molecule has 3 aromatic rings. The van der Waals surface area contributed by atoms with Crippen molar-refractivity contribution in [3.8, 4) is 11.1 Å². The Morgan fingerprint density at radius 1 is 0.806 bits per heavy atom. The number of fused-ring (bicyclic) bond motifs is 4. The largest absolute Gasteiger partial charge is 0.449 e. The SMILES string of the molecule is CC(C)(CNC(=O)OCC1c2ccccc2-c2ccccc21)C(=O)ON1C(=O)c2ccccc2C1=O. The smallest absolute Gasteiger partial charge is 0.407 e. The molecule has 8 heteroatoms. The molecule has 2 aliphatic rings. The quantitative estimate of drug-likeness (QED) is 0.524. The third-order valence-electron chi connectivity index (χ3n) is 6.50. The second kappa shape index (κ2) is 8.96. The number of hydroxylamine groups is 2. The highest BCUT2D eigenvalue weighted by atomic mass is 16.7. The highest BCUT2D eigenvalue weighted by molar-refractivity contribution is 6.20. The summed E-state index contributed by atoms with van der Waals surface area (Å²) in [5.74, 6) is -2.33. The normalized spacial score (nSPS) is 14.2. The fourth-order valence-corrected chi connectivity index (χ4v) is 4.47. The molecule has 3 aromatic carbocycles. The lowest BCUT2D eigenvalue weighted by atomic mass is 9.94. The molecular formula is C28H24N2O6. The number of benzene rings is 3. The van der Waals surface area contributed by atoms with Crippen LogP contribution in [0, 0.1) is 5.41 Å². The molecule has 0 saturated carbocycles. The molecule has 0 atom stereocenters. The summed E-state index contributed by atoms with van der Waals surface area (Å²) in [6.07, 6.45) is -0.682. The van der Waals surface area contributed by atoms with Crippen molar-refractivity contribution in [2.45, 2.75) is 19.8 Å². The molecule has 1 aliphatic heterocycles. The van der Waals surface area contributed by atoms with Gasteiger partial charge in [-0.15, -0.1) is 0 Å². The van der Waals surface area contributed by atoms with Crippen molar-refractivity contribution in [2.75, 3.05) is 13.2 Å². The first-order valence-electron chi connectivity index (χ1n) is 11.6. The number of hydrogen-bond donors (Lipinski definition) is 1. The number of nitrogens with one attached hydrogen (secondary N) is 1. The third-order valence-corrected chi connectivity index (χ3v) is 6.50. The van der Waals surface area contributed by atoms with E-state index in [0.717, 1.165) is 22.3 Å². The summed E-state index contributed by atoms with van der Waals surface area (Å²) in [6.45, 7) is 3.10. The molecule has 3 amide bonds. The van der Waals surface area contributed by atoms with E-state index in [1.807, 2.05) is 36.4 Å². The number of hydrogen-bond acceptors (Lipinski definition) is 6. The van der Waals surface area contributed by atoms with Gasteiger partial charge in [-0.25, -0.2) is 9.59 Å². The van der Waals surface area contributed by atoms with Gasteiger partial charge in [0.1, 0.15) is 6.61 Å². The lowest BCUT2D eigenvalue weighted by molar-refractivity contribution is -0.179. The maximum absolute atomic E-state index is 12.8. The molecule has 0 spiro atoms. The molecule has 0 radical (unpaired) electrons. The van der Waals surface area contributed by atoms with E-state index in [4.69, 9.17) is 9.57 Å². The second-order valence-corrected chi connectivity index (χ2v) is 9.39. The first kappa shape index (κ1) is 23.3. The maximum atomic E-state index is 12.8. The Morgan fingerprint density at radius 2 is 1.28 bits per heavy atom. The standard InChI is InChI=1S/C28H24N2O6/c1-28(2,26(33)36-30-24(31)21-13-7-8-14-22(21)25(30)32)16-29-27(34)35-15-23-19-11-5-3-9-17(19)18-10-4-6-12-20(18)23/h3-14,23H,15-16H2,1-2H3,(H,29,34). The van der Waals surface area contributed by atoms with Crippen molar-refractivity contribution in [2.24, 2.45) is 5.41 Å². The van der Waals surface area contributed by atoms with Gasteiger partial charge in [0, 0.05) is 12.5 Å². The van der Waals surface area contributed by atoms with Gasteiger partial charge in [-0.2, -0.15) is 0 Å². The average Bonchev–Trinajstić information content (AvgIpc) is 3.33. The zero-order valence-electron chi connectivity index (χ0n) is 19.8. The number of amides is 3. The van der Waals surface area contributed by atoms with E-state index in [1.165, 1.54) is 26.0 Å². The van der Waals surface area contributed by atoms with Crippen LogP contribution in [0.3, 0.4) is 0 Å². The molecule has 0 saturated heterocycles. The summed E-state index contributed by atoms with van der Waals surface area (Å²) < 4.78 is 5.50. The van der Waals surface area contributed by atoms with Crippen LogP contribution in [0.5, 0.6) is 0 Å². The molecule has 5 rings (SSSR count). The van der Waals surface area contributed by atoms with E-state index < -0.39 is 29.3 Å². The third kappa shape index (κ3) is 4.00. The highest BCUT2D eigenvalue weighted by Gasteiger charge is 2.41. The zero-order chi connectivity index (χ0) is 25.4. The lowest BCUT2D eigenvalue weighted by Gasteiger charge is -2.24. The Hall–Kier alpha value is -4.46. The minimum absolute atomic E-state index is 0.0880. The average molecular weight is 485 g/mol. The fourth-order valence-electron chi connectivity index (χ4n) is 4.47. The summed E-state index contributed by atoms with van der Waals surface area (Å²) in [5, 5.41) is 3.05. The second-order valence-electron chi connectivity index (χ2n) is 9.39. The maximum Gasteiger partial charge on any atom is 0.407 e. The van der Waals surface area contributed by atoms with E-state index in [9.17, 15) is 19.2 Å². The number of ether oxygens (including phenoxy) is 1. The van der Waals surface area contributed by atoms with Crippen LogP contribution in [0.25, 0.3) is 11.1 Å². The van der Waals surface area contributed by atoms with Gasteiger partial charge in [-0.3, -0.25) is 9.59 Å². The van der Waals surface area contributed by atoms with Crippen molar-refractivity contribution in [1.82, 2.24) is 10.4 Å². The van der Waals surface area contributed by atoms with Crippen LogP contribution < -0.4 is 5.32 Å². The van der Waals surface area contributed by atoms with Gasteiger partial charge in [0.2, 0.25) is 0 Å². The first-order chi connectivity index (χ1) is 17.3. The molecule has 0 aromatic heterocycles. The molecule has 8 nitrogen and oxygen atoms in total. The van der Waals surface area contributed by atoms with Crippen molar-refractivity contribution >= 4 is 23.9 Å². The molecule has 1 aliphatic carbocycles. The molecule has 0 fully saturated rings. The van der Waals surface area contributed by atoms with Gasteiger partial charge in [-0.05, 0) is 48.2 Å². The summed E-state index contributed by atoms with van der Waals surface area (Å²) in [5.41, 5.74) is 3.54. The predicted molar refractivity (Wildman–Crippen MR) is 130 cm³/mol. The molecule has 0 unspecified atom stereocenters. The summed E-state index contributed by atoms with van der Waals surface area (Å²) in [6, 6.07) is 22.3. The first-order valence-corrected chi connectivity index (χ1v) is 11.6. The number of rotatable bonds is 6. The lowest BCUT2D eigenvalue weighted by Crippen LogP contribution is -2.44. The van der Waals surface area contributed by atoms with Crippen LogP contribution in [0.1, 0.15) is 51.6 Å². The molecule has 182 valence electrons. The topological polar surface area (TPSA) is 102 Å². The van der Waals surface area contributed by atoms with Crippen LogP contribution in [0.15, 0.2) is 72.8 Å². The van der Waals surface area contributed by atoms with Crippen LogP contribution in [-0.4, -0.2) is 42.1 Å². The summed E-state index contributed by atoms with van der Waals surface area (Å²) >= 11 is 0. The van der Waals surface area contributed by atoms with E-state index in [2.05, 4.69) is 17.4 Å². The van der Waals surface area contributed by atoms with Crippen molar-refractivity contribution in [3.05, 3.63) is 95.1 Å². The number of carbonyl (C=O) groups excluding carboxylic acids is 4. The molecule has 1 N–H and O–H groups in total. The number of carbonyl (C=O) groups is 4. The molecular weight excluding hydrogens is 460 g/mol. The van der Waals surface area contributed by atoms with Gasteiger partial charge >= 0.3 is 12.1 Å². The van der Waals surface area contributed by atoms with Crippen molar-refractivity contribution in [3.63, 3.8) is 0 Å². The minimum atomic E-state index is -1.24. The Kier molecular flexibility index (Phi) is 5.80.